The summed E-state index contributed by atoms with van der Waals surface area (Å²) in [7, 11) is 3.02. The minimum absolute atomic E-state index is 0.102. The maximum absolute atomic E-state index is 12.8. The Bertz CT molecular complexity index is 379. The zero-order valence-electron chi connectivity index (χ0n) is 13.8. The van der Waals surface area contributed by atoms with E-state index in [0.29, 0.717) is 19.4 Å². The van der Waals surface area contributed by atoms with Gasteiger partial charge in [0.15, 0.2) is 0 Å². The van der Waals surface area contributed by atoms with Gasteiger partial charge in [-0.1, -0.05) is 45.8 Å². The van der Waals surface area contributed by atoms with Gasteiger partial charge in [-0.05, 0) is 12.8 Å². The number of nitrogens with two attached hydrogens (primary N) is 1. The van der Waals surface area contributed by atoms with Crippen molar-refractivity contribution in [3.8, 4) is 0 Å². The van der Waals surface area contributed by atoms with Crippen LogP contribution in [0.3, 0.4) is 0 Å². The Morgan fingerprint density at radius 1 is 1.29 bits per heavy atom. The quantitative estimate of drug-likeness (QED) is 0.521. The van der Waals surface area contributed by atoms with E-state index in [1.807, 2.05) is 13.8 Å². The van der Waals surface area contributed by atoms with Gasteiger partial charge in [-0.15, -0.1) is 0 Å². The van der Waals surface area contributed by atoms with Crippen molar-refractivity contribution in [3.63, 3.8) is 0 Å². The molecular formula is C15H28N2O3S. The second kappa shape index (κ2) is 8.97. The number of ether oxygens (including phenoxy) is 1. The fourth-order valence-electron chi connectivity index (χ4n) is 2.68. The van der Waals surface area contributed by atoms with Gasteiger partial charge in [-0.25, -0.2) is 0 Å². The Balaban J connectivity index is 5.19. The van der Waals surface area contributed by atoms with Crippen molar-refractivity contribution in [1.29, 1.82) is 0 Å². The van der Waals surface area contributed by atoms with Crippen LogP contribution >= 0.6 is 12.2 Å². The van der Waals surface area contributed by atoms with Crippen LogP contribution in [0.5, 0.6) is 0 Å². The van der Waals surface area contributed by atoms with Crippen molar-refractivity contribution >= 4 is 29.1 Å². The first-order chi connectivity index (χ1) is 9.76. The average molecular weight is 316 g/mol. The maximum atomic E-state index is 12.8. The normalized spacial score (nSPS) is 12.6. The lowest BCUT2D eigenvalue weighted by molar-refractivity contribution is -0.147. The Kier molecular flexibility index (Phi) is 8.47. The van der Waals surface area contributed by atoms with Crippen LogP contribution in [0, 0.1) is 11.3 Å². The van der Waals surface area contributed by atoms with Crippen molar-refractivity contribution in [3.05, 3.63) is 0 Å². The fraction of sp³-hybridized carbons (Fsp3) is 0.800. The third-order valence-corrected chi connectivity index (χ3v) is 4.12. The molecule has 6 heteroatoms. The molecule has 0 aliphatic heterocycles. The third-order valence-electron chi connectivity index (χ3n) is 3.73. The molecule has 1 atom stereocenters. The Labute approximate surface area is 133 Å². The highest BCUT2D eigenvalue weighted by Gasteiger charge is 2.42. The molecule has 0 aromatic heterocycles. The van der Waals surface area contributed by atoms with Gasteiger partial charge in [0, 0.05) is 13.6 Å². The fourth-order valence-corrected chi connectivity index (χ4v) is 2.97. The van der Waals surface area contributed by atoms with Gasteiger partial charge >= 0.3 is 5.97 Å². The van der Waals surface area contributed by atoms with Crippen LogP contribution in [-0.4, -0.2) is 42.5 Å². The molecule has 0 aliphatic carbocycles. The third kappa shape index (κ3) is 4.95. The van der Waals surface area contributed by atoms with E-state index in [-0.39, 0.29) is 22.8 Å². The molecule has 0 fully saturated rings. The maximum Gasteiger partial charge on any atom is 0.310 e. The molecule has 1 amide bonds. The molecule has 0 aromatic carbocycles. The van der Waals surface area contributed by atoms with E-state index in [0.717, 1.165) is 12.8 Å². The molecule has 1 unspecified atom stereocenters. The first kappa shape index (κ1) is 19.8. The molecule has 0 bridgehead atoms. The number of thiocarbonyl (C=S) groups is 1. The van der Waals surface area contributed by atoms with Gasteiger partial charge in [0.05, 0.1) is 23.4 Å². The van der Waals surface area contributed by atoms with Crippen LogP contribution in [0.2, 0.25) is 0 Å². The second-order valence-corrected chi connectivity index (χ2v) is 6.00. The van der Waals surface area contributed by atoms with Gasteiger partial charge < -0.3 is 15.4 Å². The summed E-state index contributed by atoms with van der Waals surface area (Å²) in [6.07, 6.45) is 2.91. The predicted octanol–water partition coefficient (Wildman–Crippen LogP) is 2.13. The molecule has 0 aliphatic rings. The van der Waals surface area contributed by atoms with Crippen molar-refractivity contribution in [2.45, 2.75) is 46.5 Å². The number of rotatable bonds is 9. The van der Waals surface area contributed by atoms with E-state index in [1.54, 1.807) is 18.9 Å². The van der Waals surface area contributed by atoms with Crippen LogP contribution < -0.4 is 5.73 Å². The molecule has 0 heterocycles. The van der Waals surface area contributed by atoms with Crippen LogP contribution in [-0.2, 0) is 14.3 Å². The molecular weight excluding hydrogens is 288 g/mol. The molecule has 0 spiro atoms. The summed E-state index contributed by atoms with van der Waals surface area (Å²) in [5, 5.41) is 0. The molecule has 2 N–H and O–H groups in total. The summed E-state index contributed by atoms with van der Waals surface area (Å²) in [5.41, 5.74) is 5.09. The van der Waals surface area contributed by atoms with Crippen LogP contribution in [0.1, 0.15) is 46.5 Å². The minimum atomic E-state index is -0.802. The summed E-state index contributed by atoms with van der Waals surface area (Å²) in [5.74, 6) is -0.813. The molecule has 122 valence electrons. The summed E-state index contributed by atoms with van der Waals surface area (Å²) >= 11 is 5.18. The van der Waals surface area contributed by atoms with E-state index in [9.17, 15) is 9.59 Å². The van der Waals surface area contributed by atoms with Gasteiger partial charge in [-0.3, -0.25) is 9.59 Å². The lowest BCUT2D eigenvalue weighted by Crippen LogP contribution is -2.50. The van der Waals surface area contributed by atoms with Crippen molar-refractivity contribution in [1.82, 2.24) is 4.90 Å². The van der Waals surface area contributed by atoms with Crippen LogP contribution in [0.25, 0.3) is 0 Å². The molecule has 0 saturated carbocycles. The van der Waals surface area contributed by atoms with Gasteiger partial charge in [0.25, 0.3) is 0 Å². The first-order valence-corrected chi connectivity index (χ1v) is 7.80. The van der Waals surface area contributed by atoms with E-state index in [1.165, 1.54) is 7.11 Å². The van der Waals surface area contributed by atoms with Gasteiger partial charge in [0.2, 0.25) is 5.91 Å². The summed E-state index contributed by atoms with van der Waals surface area (Å²) < 4.78 is 4.69. The van der Waals surface area contributed by atoms with Crippen LogP contribution in [0.15, 0.2) is 0 Å². The minimum Gasteiger partial charge on any atom is -0.469 e. The highest BCUT2D eigenvalue weighted by molar-refractivity contribution is 7.80. The molecule has 0 aromatic rings. The molecule has 0 saturated heterocycles. The van der Waals surface area contributed by atoms with Gasteiger partial charge in [0.1, 0.15) is 0 Å². The van der Waals surface area contributed by atoms with Crippen molar-refractivity contribution < 1.29 is 14.3 Å². The molecule has 0 rings (SSSR count). The molecule has 21 heavy (non-hydrogen) atoms. The standard InChI is InChI=1S/C15H28N2O3S/c1-6-8-15(9-7-2,13(16)21)14(19)17(4)10-11(3)12(18)20-5/h11H,6-10H2,1-5H3,(H2,16,21). The zero-order chi connectivity index (χ0) is 16.6. The Morgan fingerprint density at radius 3 is 2.10 bits per heavy atom. The number of carbonyl (C=O) groups excluding carboxylic acids is 2. The van der Waals surface area contributed by atoms with Gasteiger partial charge in [-0.2, -0.15) is 0 Å². The second-order valence-electron chi connectivity index (χ2n) is 5.56. The Hall–Kier alpha value is -1.17. The Morgan fingerprint density at radius 2 is 1.76 bits per heavy atom. The smallest absolute Gasteiger partial charge is 0.310 e. The average Bonchev–Trinajstić information content (AvgIpc) is 2.44. The summed E-state index contributed by atoms with van der Waals surface area (Å²) in [6.45, 7) is 6.04. The van der Waals surface area contributed by atoms with E-state index < -0.39 is 5.41 Å². The molecule has 5 nitrogen and oxygen atoms in total. The van der Waals surface area contributed by atoms with Crippen molar-refractivity contribution in [2.75, 3.05) is 20.7 Å². The highest BCUT2D eigenvalue weighted by atomic mass is 32.1. The SMILES string of the molecule is CCCC(CCC)(C(=O)N(C)CC(C)C(=O)OC)C(N)=S. The van der Waals surface area contributed by atoms with E-state index in [2.05, 4.69) is 0 Å². The summed E-state index contributed by atoms with van der Waals surface area (Å²) in [4.78, 5) is 26.1. The summed E-state index contributed by atoms with van der Waals surface area (Å²) in [6, 6.07) is 0. The lowest BCUT2D eigenvalue weighted by Gasteiger charge is -2.35. The lowest BCUT2D eigenvalue weighted by atomic mass is 9.77. The van der Waals surface area contributed by atoms with E-state index >= 15 is 0 Å². The largest absolute Gasteiger partial charge is 0.469 e. The number of nitrogens with zero attached hydrogens (tertiary/aromatic N) is 1. The zero-order valence-corrected chi connectivity index (χ0v) is 14.6. The number of hydrogen-bond acceptors (Lipinski definition) is 4. The number of amides is 1. The first-order valence-electron chi connectivity index (χ1n) is 7.40. The van der Waals surface area contributed by atoms with Crippen molar-refractivity contribution in [2.24, 2.45) is 17.1 Å². The monoisotopic (exact) mass is 316 g/mol. The number of carbonyl (C=O) groups is 2. The number of hydrogen-bond donors (Lipinski definition) is 1. The predicted molar refractivity (Wildman–Crippen MR) is 87.9 cm³/mol. The highest BCUT2D eigenvalue weighted by Crippen LogP contribution is 2.33. The van der Waals surface area contributed by atoms with Crippen LogP contribution in [0.4, 0.5) is 0 Å². The number of methoxy groups -OCH3 is 1. The number of esters is 1. The molecule has 0 radical (unpaired) electrons. The van der Waals surface area contributed by atoms with E-state index in [4.69, 9.17) is 22.7 Å². The topological polar surface area (TPSA) is 72.6 Å².